The smallest absolute Gasteiger partial charge is 0.0663 e. The zero-order chi connectivity index (χ0) is 14.4. The third-order valence-corrected chi connectivity index (χ3v) is 3.97. The quantitative estimate of drug-likeness (QED) is 0.827. The molecule has 2 atom stereocenters. The summed E-state index contributed by atoms with van der Waals surface area (Å²) in [5.41, 5.74) is 2.58. The van der Waals surface area contributed by atoms with E-state index in [4.69, 9.17) is 4.74 Å². The molecule has 2 unspecified atom stereocenters. The van der Waals surface area contributed by atoms with Crippen molar-refractivity contribution in [3.63, 3.8) is 0 Å². The Bertz CT molecular complexity index is 398. The van der Waals surface area contributed by atoms with Crippen LogP contribution in [0.15, 0.2) is 22.7 Å². The summed E-state index contributed by atoms with van der Waals surface area (Å²) >= 11 is 3.56. The van der Waals surface area contributed by atoms with Gasteiger partial charge in [0.05, 0.1) is 6.61 Å². The fraction of sp³-hybridized carbons (Fsp3) is 0.600. The molecule has 1 N–H and O–H groups in total. The lowest BCUT2D eigenvalue weighted by molar-refractivity contribution is 0.182. The molecule has 0 fully saturated rings. The minimum Gasteiger partial charge on any atom is -0.383 e. The average molecular weight is 329 g/mol. The van der Waals surface area contributed by atoms with Gasteiger partial charge in [0.1, 0.15) is 0 Å². The zero-order valence-electron chi connectivity index (χ0n) is 12.5. The van der Waals surface area contributed by atoms with Crippen LogP contribution < -0.4 is 10.2 Å². The molecule has 1 aromatic carbocycles. The van der Waals surface area contributed by atoms with E-state index in [0.717, 1.165) is 17.6 Å². The zero-order valence-corrected chi connectivity index (χ0v) is 14.1. The molecule has 4 heteroatoms. The maximum absolute atomic E-state index is 5.29. The Labute approximate surface area is 125 Å². The molecule has 0 bridgehead atoms. The van der Waals surface area contributed by atoms with Gasteiger partial charge in [-0.3, -0.25) is 0 Å². The number of benzene rings is 1. The van der Waals surface area contributed by atoms with Crippen LogP contribution in [0.5, 0.6) is 0 Å². The number of rotatable bonds is 7. The summed E-state index contributed by atoms with van der Waals surface area (Å²) in [6.07, 6.45) is 0. The standard InChI is InChI=1S/C15H25BrN2O/c1-6-18(11(2)10-19-5)15-8-7-13(16)9-14(15)12(3)17-4/h7-9,11-12,17H,6,10H2,1-5H3. The normalized spacial score (nSPS) is 14.2. The van der Waals surface area contributed by atoms with E-state index in [2.05, 4.69) is 65.1 Å². The van der Waals surface area contributed by atoms with E-state index in [1.807, 2.05) is 7.05 Å². The molecule has 0 aliphatic rings. The SMILES string of the molecule is CCN(c1ccc(Br)cc1C(C)NC)C(C)COC. The molecule has 1 aromatic rings. The Morgan fingerprint density at radius 3 is 2.58 bits per heavy atom. The molecule has 19 heavy (non-hydrogen) atoms. The molecule has 0 amide bonds. The van der Waals surface area contributed by atoms with E-state index in [0.29, 0.717) is 12.1 Å². The van der Waals surface area contributed by atoms with Crippen molar-refractivity contribution in [1.29, 1.82) is 0 Å². The Morgan fingerprint density at radius 2 is 2.05 bits per heavy atom. The Morgan fingerprint density at radius 1 is 1.37 bits per heavy atom. The first-order valence-electron chi connectivity index (χ1n) is 6.77. The van der Waals surface area contributed by atoms with Crippen LogP contribution in [0, 0.1) is 0 Å². The monoisotopic (exact) mass is 328 g/mol. The topological polar surface area (TPSA) is 24.5 Å². The number of anilines is 1. The van der Waals surface area contributed by atoms with Crippen molar-refractivity contribution in [3.8, 4) is 0 Å². The van der Waals surface area contributed by atoms with Crippen molar-refractivity contribution >= 4 is 21.6 Å². The van der Waals surface area contributed by atoms with Gasteiger partial charge in [0.25, 0.3) is 0 Å². The highest BCUT2D eigenvalue weighted by Crippen LogP contribution is 2.30. The van der Waals surface area contributed by atoms with Gasteiger partial charge in [0, 0.05) is 35.9 Å². The number of ether oxygens (including phenoxy) is 1. The number of nitrogens with one attached hydrogen (secondary N) is 1. The second kappa shape index (κ2) is 7.88. The van der Waals surface area contributed by atoms with E-state index in [-0.39, 0.29) is 0 Å². The van der Waals surface area contributed by atoms with Gasteiger partial charge in [0.15, 0.2) is 0 Å². The Kier molecular flexibility index (Phi) is 6.83. The number of hydrogen-bond donors (Lipinski definition) is 1. The third-order valence-electron chi connectivity index (χ3n) is 3.48. The number of methoxy groups -OCH3 is 1. The van der Waals surface area contributed by atoms with Gasteiger partial charge in [-0.15, -0.1) is 0 Å². The highest BCUT2D eigenvalue weighted by atomic mass is 79.9. The van der Waals surface area contributed by atoms with Crippen LogP contribution in [0.25, 0.3) is 0 Å². The van der Waals surface area contributed by atoms with Gasteiger partial charge in [-0.05, 0) is 51.6 Å². The first kappa shape index (κ1) is 16.5. The summed E-state index contributed by atoms with van der Waals surface area (Å²) in [5.74, 6) is 0. The molecule has 0 saturated carbocycles. The van der Waals surface area contributed by atoms with Crippen molar-refractivity contribution in [3.05, 3.63) is 28.2 Å². The van der Waals surface area contributed by atoms with Crippen LogP contribution in [0.2, 0.25) is 0 Å². The summed E-state index contributed by atoms with van der Waals surface area (Å²) in [6, 6.07) is 7.15. The fourth-order valence-electron chi connectivity index (χ4n) is 2.34. The van der Waals surface area contributed by atoms with E-state index in [9.17, 15) is 0 Å². The molecule has 0 spiro atoms. The summed E-state index contributed by atoms with van der Waals surface area (Å²) in [6.45, 7) is 8.26. The van der Waals surface area contributed by atoms with Crippen molar-refractivity contribution in [1.82, 2.24) is 5.32 Å². The number of halogens is 1. The first-order valence-corrected chi connectivity index (χ1v) is 7.56. The van der Waals surface area contributed by atoms with Crippen LogP contribution >= 0.6 is 15.9 Å². The largest absolute Gasteiger partial charge is 0.383 e. The average Bonchev–Trinajstić information content (AvgIpc) is 2.40. The van der Waals surface area contributed by atoms with Crippen molar-refractivity contribution in [2.45, 2.75) is 32.9 Å². The van der Waals surface area contributed by atoms with Crippen LogP contribution in [-0.2, 0) is 4.74 Å². The predicted octanol–water partition coefficient (Wildman–Crippen LogP) is 3.59. The molecule has 3 nitrogen and oxygen atoms in total. The molecule has 0 saturated heterocycles. The lowest BCUT2D eigenvalue weighted by atomic mass is 10.0. The van der Waals surface area contributed by atoms with E-state index < -0.39 is 0 Å². The maximum Gasteiger partial charge on any atom is 0.0663 e. The molecule has 108 valence electrons. The minimum atomic E-state index is 0.316. The van der Waals surface area contributed by atoms with E-state index in [1.54, 1.807) is 7.11 Å². The Hall–Kier alpha value is -0.580. The fourth-order valence-corrected chi connectivity index (χ4v) is 2.72. The lowest BCUT2D eigenvalue weighted by Gasteiger charge is -2.33. The summed E-state index contributed by atoms with van der Waals surface area (Å²) in [5, 5.41) is 3.32. The first-order chi connectivity index (χ1) is 9.04. The highest BCUT2D eigenvalue weighted by molar-refractivity contribution is 9.10. The number of hydrogen-bond acceptors (Lipinski definition) is 3. The van der Waals surface area contributed by atoms with Gasteiger partial charge < -0.3 is 15.0 Å². The summed E-state index contributed by atoms with van der Waals surface area (Å²) in [7, 11) is 3.74. The van der Waals surface area contributed by atoms with Crippen LogP contribution in [0.3, 0.4) is 0 Å². The third kappa shape index (κ3) is 4.20. The molecular formula is C15H25BrN2O. The Balaban J connectivity index is 3.15. The van der Waals surface area contributed by atoms with Crippen molar-refractivity contribution < 1.29 is 4.74 Å². The van der Waals surface area contributed by atoms with Crippen molar-refractivity contribution in [2.24, 2.45) is 0 Å². The minimum absolute atomic E-state index is 0.316. The molecule has 1 rings (SSSR count). The molecule has 0 aliphatic heterocycles. The van der Waals surface area contributed by atoms with E-state index >= 15 is 0 Å². The summed E-state index contributed by atoms with van der Waals surface area (Å²) < 4.78 is 6.41. The molecule has 0 aliphatic carbocycles. The molecular weight excluding hydrogens is 304 g/mol. The lowest BCUT2D eigenvalue weighted by Crippen LogP contribution is -2.37. The van der Waals surface area contributed by atoms with Crippen molar-refractivity contribution in [2.75, 3.05) is 32.2 Å². The summed E-state index contributed by atoms with van der Waals surface area (Å²) in [4.78, 5) is 2.39. The molecule has 0 heterocycles. The van der Waals surface area contributed by atoms with Crippen LogP contribution in [0.1, 0.15) is 32.4 Å². The second-order valence-electron chi connectivity index (χ2n) is 4.80. The van der Waals surface area contributed by atoms with Crippen LogP contribution in [0.4, 0.5) is 5.69 Å². The number of likely N-dealkylation sites (N-methyl/N-ethyl adjacent to an activating group) is 1. The maximum atomic E-state index is 5.29. The van der Waals surface area contributed by atoms with Gasteiger partial charge >= 0.3 is 0 Å². The molecule has 0 radical (unpaired) electrons. The van der Waals surface area contributed by atoms with Gasteiger partial charge in [-0.2, -0.15) is 0 Å². The number of nitrogens with zero attached hydrogens (tertiary/aromatic N) is 1. The van der Waals surface area contributed by atoms with Gasteiger partial charge in [0.2, 0.25) is 0 Å². The second-order valence-corrected chi connectivity index (χ2v) is 5.72. The highest BCUT2D eigenvalue weighted by Gasteiger charge is 2.18. The predicted molar refractivity (Wildman–Crippen MR) is 86.0 cm³/mol. The molecule has 0 aromatic heterocycles. The van der Waals surface area contributed by atoms with Gasteiger partial charge in [-0.1, -0.05) is 15.9 Å². The van der Waals surface area contributed by atoms with Gasteiger partial charge in [-0.25, -0.2) is 0 Å². The van der Waals surface area contributed by atoms with Crippen LogP contribution in [-0.4, -0.2) is 33.4 Å². The van der Waals surface area contributed by atoms with E-state index in [1.165, 1.54) is 11.3 Å².